The molecule has 2 aromatic rings. The van der Waals surface area contributed by atoms with Gasteiger partial charge in [-0.05, 0) is 45.5 Å². The maximum absolute atomic E-state index is 9.51. The molecule has 0 fully saturated rings. The minimum atomic E-state index is 0.368. The summed E-state index contributed by atoms with van der Waals surface area (Å²) < 4.78 is 0. The van der Waals surface area contributed by atoms with Crippen LogP contribution in [0.3, 0.4) is 0 Å². The number of hydrogen-bond acceptors (Lipinski definition) is 3. The number of nitrogens with zero attached hydrogens (tertiary/aromatic N) is 1. The maximum Gasteiger partial charge on any atom is 0.120 e. The Kier molecular flexibility index (Phi) is 6.76. The molecular formula is C18H25NO2. The first kappa shape index (κ1) is 17.1. The summed E-state index contributed by atoms with van der Waals surface area (Å²) in [5.41, 5.74) is 1.91. The van der Waals surface area contributed by atoms with Crippen molar-refractivity contribution in [1.82, 2.24) is 4.90 Å². The molecule has 0 saturated heterocycles. The fraction of sp³-hybridized carbons (Fsp3) is 0.333. The smallest absolute Gasteiger partial charge is 0.120 e. The fourth-order valence-electron chi connectivity index (χ4n) is 1.66. The summed E-state index contributed by atoms with van der Waals surface area (Å²) in [6, 6.07) is 15.2. The molecule has 3 heteroatoms. The van der Waals surface area contributed by atoms with Crippen molar-refractivity contribution in [2.75, 3.05) is 7.05 Å². The Morgan fingerprint density at radius 3 is 1.86 bits per heavy atom. The van der Waals surface area contributed by atoms with Crippen molar-refractivity contribution in [1.29, 1.82) is 0 Å². The van der Waals surface area contributed by atoms with Crippen molar-refractivity contribution in [2.45, 2.75) is 33.4 Å². The molecule has 2 aromatic carbocycles. The van der Waals surface area contributed by atoms with Crippen LogP contribution in [0.5, 0.6) is 11.5 Å². The molecule has 0 saturated carbocycles. The molecule has 0 heterocycles. The van der Waals surface area contributed by atoms with E-state index in [1.807, 2.05) is 43.3 Å². The highest BCUT2D eigenvalue weighted by Crippen LogP contribution is 2.17. The third kappa shape index (κ3) is 5.88. The average Bonchev–Trinajstić information content (AvgIpc) is 2.45. The van der Waals surface area contributed by atoms with Crippen molar-refractivity contribution in [3.8, 4) is 11.5 Å². The summed E-state index contributed by atoms with van der Waals surface area (Å²) in [4.78, 5) is 2.19. The van der Waals surface area contributed by atoms with Crippen molar-refractivity contribution in [3.05, 3.63) is 59.7 Å². The molecular weight excluding hydrogens is 262 g/mol. The van der Waals surface area contributed by atoms with Crippen molar-refractivity contribution in [2.24, 2.45) is 0 Å². The highest BCUT2D eigenvalue weighted by atomic mass is 16.3. The first-order chi connectivity index (χ1) is 9.91. The lowest BCUT2D eigenvalue weighted by molar-refractivity contribution is 0.262. The van der Waals surface area contributed by atoms with Crippen molar-refractivity contribution >= 4 is 0 Å². The zero-order chi connectivity index (χ0) is 15.8. The lowest BCUT2D eigenvalue weighted by Crippen LogP contribution is -2.25. The van der Waals surface area contributed by atoms with Gasteiger partial charge in [-0.3, -0.25) is 4.90 Å². The van der Waals surface area contributed by atoms with E-state index in [-0.39, 0.29) is 0 Å². The monoisotopic (exact) mass is 287 g/mol. The van der Waals surface area contributed by atoms with Gasteiger partial charge in [0.1, 0.15) is 11.5 Å². The van der Waals surface area contributed by atoms with Crippen molar-refractivity contribution < 1.29 is 10.2 Å². The summed E-state index contributed by atoms with van der Waals surface area (Å²) in [6.07, 6.45) is 0. The zero-order valence-corrected chi connectivity index (χ0v) is 13.2. The fourth-order valence-corrected chi connectivity index (χ4v) is 1.66. The molecule has 0 aromatic heterocycles. The van der Waals surface area contributed by atoms with Gasteiger partial charge in [-0.15, -0.1) is 0 Å². The maximum atomic E-state index is 9.51. The molecule has 114 valence electrons. The second-order valence-corrected chi connectivity index (χ2v) is 5.42. The van der Waals surface area contributed by atoms with E-state index in [0.29, 0.717) is 17.5 Å². The number of hydrogen-bond donors (Lipinski definition) is 2. The van der Waals surface area contributed by atoms with Gasteiger partial charge in [-0.2, -0.15) is 0 Å². The largest absolute Gasteiger partial charge is 0.508 e. The number of aryl methyl sites for hydroxylation is 1. The Labute approximate surface area is 127 Å². The van der Waals surface area contributed by atoms with Crippen LogP contribution in [0.1, 0.15) is 25.0 Å². The number of rotatable bonds is 3. The summed E-state index contributed by atoms with van der Waals surface area (Å²) >= 11 is 0. The normalized spacial score (nSPS) is 10.4. The first-order valence-electron chi connectivity index (χ1n) is 7.13. The van der Waals surface area contributed by atoms with E-state index in [4.69, 9.17) is 5.11 Å². The number of benzene rings is 2. The Balaban J connectivity index is 0.000000235. The van der Waals surface area contributed by atoms with Crippen LogP contribution in [0.2, 0.25) is 0 Å². The van der Waals surface area contributed by atoms with Gasteiger partial charge in [0.25, 0.3) is 0 Å². The Hall–Kier alpha value is -2.00. The molecule has 0 unspecified atom stereocenters. The van der Waals surface area contributed by atoms with E-state index < -0.39 is 0 Å². The number of phenolic OH excluding ortho intramolecular Hbond substituents is 2. The van der Waals surface area contributed by atoms with E-state index in [2.05, 4.69) is 25.8 Å². The summed E-state index contributed by atoms with van der Waals surface area (Å²) in [5.74, 6) is 0.752. The number of para-hydroxylation sites is 2. The van der Waals surface area contributed by atoms with Crippen LogP contribution in [0.4, 0.5) is 0 Å². The molecule has 0 atom stereocenters. The van der Waals surface area contributed by atoms with Gasteiger partial charge in [0.15, 0.2) is 0 Å². The topological polar surface area (TPSA) is 43.7 Å². The summed E-state index contributed by atoms with van der Waals surface area (Å²) in [6.45, 7) is 6.94. The van der Waals surface area contributed by atoms with Gasteiger partial charge < -0.3 is 10.2 Å². The molecule has 2 N–H and O–H groups in total. The molecule has 2 rings (SSSR count). The average molecular weight is 287 g/mol. The quantitative estimate of drug-likeness (QED) is 0.899. The SMILES string of the molecule is CC(C)N(C)Cc1ccccc1O.Cc1ccccc1O. The summed E-state index contributed by atoms with van der Waals surface area (Å²) in [5, 5.41) is 18.4. The van der Waals surface area contributed by atoms with E-state index >= 15 is 0 Å². The standard InChI is InChI=1S/C11H17NO.C7H8O/c1-9(2)12(3)8-10-6-4-5-7-11(10)13;1-6-4-2-3-5-7(6)8/h4-7,9,13H,8H2,1-3H3;2-5,8H,1H3. The zero-order valence-electron chi connectivity index (χ0n) is 13.2. The first-order valence-corrected chi connectivity index (χ1v) is 7.13. The molecule has 3 nitrogen and oxygen atoms in total. The van der Waals surface area contributed by atoms with E-state index in [1.54, 1.807) is 12.1 Å². The molecule has 0 aliphatic heterocycles. The van der Waals surface area contributed by atoms with Gasteiger partial charge in [-0.25, -0.2) is 0 Å². The molecule has 0 amide bonds. The Morgan fingerprint density at radius 2 is 1.43 bits per heavy atom. The molecule has 0 spiro atoms. The van der Waals surface area contributed by atoms with Crippen LogP contribution in [-0.4, -0.2) is 28.2 Å². The Bertz CT molecular complexity index is 531. The highest BCUT2D eigenvalue weighted by Gasteiger charge is 2.06. The number of aromatic hydroxyl groups is 2. The lowest BCUT2D eigenvalue weighted by Gasteiger charge is -2.21. The van der Waals surface area contributed by atoms with Gasteiger partial charge in [-0.1, -0.05) is 36.4 Å². The molecule has 0 radical (unpaired) electrons. The predicted octanol–water partition coefficient (Wildman–Crippen LogP) is 3.93. The van der Waals surface area contributed by atoms with Crippen LogP contribution in [0, 0.1) is 6.92 Å². The van der Waals surface area contributed by atoms with Crippen molar-refractivity contribution in [3.63, 3.8) is 0 Å². The second kappa shape index (κ2) is 8.32. The van der Waals surface area contributed by atoms with E-state index in [9.17, 15) is 5.11 Å². The van der Waals surface area contributed by atoms with Crippen LogP contribution < -0.4 is 0 Å². The van der Waals surface area contributed by atoms with Gasteiger partial charge >= 0.3 is 0 Å². The minimum Gasteiger partial charge on any atom is -0.508 e. The summed E-state index contributed by atoms with van der Waals surface area (Å²) in [7, 11) is 2.05. The van der Waals surface area contributed by atoms with Crippen LogP contribution >= 0.6 is 0 Å². The van der Waals surface area contributed by atoms with Crippen LogP contribution in [0.15, 0.2) is 48.5 Å². The van der Waals surface area contributed by atoms with Crippen LogP contribution in [-0.2, 0) is 6.54 Å². The lowest BCUT2D eigenvalue weighted by atomic mass is 10.2. The molecule has 0 bridgehead atoms. The molecule has 0 aliphatic carbocycles. The van der Waals surface area contributed by atoms with E-state index in [1.165, 1.54) is 0 Å². The van der Waals surface area contributed by atoms with Gasteiger partial charge in [0.05, 0.1) is 0 Å². The highest BCUT2D eigenvalue weighted by molar-refractivity contribution is 5.31. The predicted molar refractivity (Wildman–Crippen MR) is 87.6 cm³/mol. The van der Waals surface area contributed by atoms with E-state index in [0.717, 1.165) is 17.7 Å². The van der Waals surface area contributed by atoms with Gasteiger partial charge in [0, 0.05) is 18.2 Å². The second-order valence-electron chi connectivity index (χ2n) is 5.42. The third-order valence-corrected chi connectivity index (χ3v) is 3.41. The van der Waals surface area contributed by atoms with Crippen LogP contribution in [0.25, 0.3) is 0 Å². The Morgan fingerprint density at radius 1 is 0.905 bits per heavy atom. The van der Waals surface area contributed by atoms with Gasteiger partial charge in [0.2, 0.25) is 0 Å². The number of phenols is 2. The molecule has 0 aliphatic rings. The minimum absolute atomic E-state index is 0.368. The third-order valence-electron chi connectivity index (χ3n) is 3.41. The molecule has 21 heavy (non-hydrogen) atoms.